The molecule has 0 spiro atoms. The van der Waals surface area contributed by atoms with E-state index in [0.717, 1.165) is 5.56 Å². The molecule has 2 aromatic heterocycles. The van der Waals surface area contributed by atoms with Gasteiger partial charge in [-0.15, -0.1) is 0 Å². The number of anilines is 2. The van der Waals surface area contributed by atoms with E-state index in [9.17, 15) is 4.79 Å². The third kappa shape index (κ3) is 5.41. The van der Waals surface area contributed by atoms with Gasteiger partial charge >= 0.3 is 0 Å². The van der Waals surface area contributed by atoms with E-state index < -0.39 is 0 Å². The van der Waals surface area contributed by atoms with Crippen molar-refractivity contribution in [2.45, 2.75) is 24.5 Å². The summed E-state index contributed by atoms with van der Waals surface area (Å²) in [5.74, 6) is 0.850. The molecular formula is C20H20N6O2S. The highest BCUT2D eigenvalue weighted by Gasteiger charge is 2.22. The summed E-state index contributed by atoms with van der Waals surface area (Å²) in [5.41, 5.74) is 2.95. The van der Waals surface area contributed by atoms with Gasteiger partial charge < -0.3 is 10.1 Å². The maximum absolute atomic E-state index is 12.4. The standard InChI is InChI=1S/C20H20N6O2S/c1-28-19-12-21-11-17(25-19)13-2-4-14(5-3-13)23-18(27)10-15-8-9-22-20(24-15)26-29-16-6-7-16/h2-5,8-9,11-12,16H,6-7,10H2,1H3,(H,23,27)(H,22,24,26). The molecule has 1 fully saturated rings. The van der Waals surface area contributed by atoms with Crippen molar-refractivity contribution in [3.63, 3.8) is 0 Å². The van der Waals surface area contributed by atoms with Gasteiger partial charge in [-0.05, 0) is 43.0 Å². The van der Waals surface area contributed by atoms with E-state index in [0.29, 0.717) is 34.2 Å². The summed E-state index contributed by atoms with van der Waals surface area (Å²) in [6, 6.07) is 9.15. The molecule has 4 rings (SSSR count). The highest BCUT2D eigenvalue weighted by atomic mass is 32.2. The van der Waals surface area contributed by atoms with Crippen molar-refractivity contribution in [2.75, 3.05) is 17.1 Å². The summed E-state index contributed by atoms with van der Waals surface area (Å²) in [6.07, 6.45) is 7.50. The third-order valence-corrected chi connectivity index (χ3v) is 5.29. The number of carbonyl (C=O) groups excluding carboxylic acids is 1. The van der Waals surface area contributed by atoms with Crippen molar-refractivity contribution in [3.05, 3.63) is 54.6 Å². The van der Waals surface area contributed by atoms with Gasteiger partial charge in [-0.2, -0.15) is 0 Å². The lowest BCUT2D eigenvalue weighted by atomic mass is 10.1. The minimum Gasteiger partial charge on any atom is -0.480 e. The predicted octanol–water partition coefficient (Wildman–Crippen LogP) is 3.35. The number of nitrogens with zero attached hydrogens (tertiary/aromatic N) is 4. The van der Waals surface area contributed by atoms with Crippen LogP contribution in [0.2, 0.25) is 0 Å². The smallest absolute Gasteiger partial charge is 0.233 e. The molecular weight excluding hydrogens is 388 g/mol. The van der Waals surface area contributed by atoms with Gasteiger partial charge in [-0.25, -0.2) is 15.0 Å². The first-order valence-corrected chi connectivity index (χ1v) is 10.1. The number of hydrogen-bond acceptors (Lipinski definition) is 8. The fourth-order valence-corrected chi connectivity index (χ4v) is 3.29. The highest BCUT2D eigenvalue weighted by Crippen LogP contribution is 2.33. The molecule has 0 unspecified atom stereocenters. The Labute approximate surface area is 172 Å². The molecule has 1 aromatic carbocycles. The van der Waals surface area contributed by atoms with Crippen molar-refractivity contribution in [1.82, 2.24) is 19.9 Å². The van der Waals surface area contributed by atoms with E-state index in [-0.39, 0.29) is 12.3 Å². The number of rotatable bonds is 8. The molecule has 148 valence electrons. The Morgan fingerprint density at radius 1 is 1.17 bits per heavy atom. The second-order valence-electron chi connectivity index (χ2n) is 6.54. The van der Waals surface area contributed by atoms with Crippen LogP contribution in [0.25, 0.3) is 11.3 Å². The van der Waals surface area contributed by atoms with Crippen LogP contribution in [-0.4, -0.2) is 38.2 Å². The second kappa shape index (κ2) is 8.87. The molecule has 9 heteroatoms. The molecule has 8 nitrogen and oxygen atoms in total. The Morgan fingerprint density at radius 2 is 2.00 bits per heavy atom. The van der Waals surface area contributed by atoms with Crippen LogP contribution in [0.5, 0.6) is 5.88 Å². The minimum atomic E-state index is -0.140. The maximum Gasteiger partial charge on any atom is 0.233 e. The van der Waals surface area contributed by atoms with Gasteiger partial charge in [0, 0.05) is 22.7 Å². The van der Waals surface area contributed by atoms with Gasteiger partial charge in [0.2, 0.25) is 17.7 Å². The summed E-state index contributed by atoms with van der Waals surface area (Å²) >= 11 is 1.63. The van der Waals surface area contributed by atoms with E-state index >= 15 is 0 Å². The van der Waals surface area contributed by atoms with Crippen LogP contribution in [0, 0.1) is 0 Å². The first-order chi connectivity index (χ1) is 14.2. The molecule has 1 saturated carbocycles. The zero-order chi connectivity index (χ0) is 20.1. The molecule has 0 atom stereocenters. The van der Waals surface area contributed by atoms with E-state index in [1.54, 1.807) is 43.7 Å². The van der Waals surface area contributed by atoms with Crippen LogP contribution in [0.4, 0.5) is 11.6 Å². The monoisotopic (exact) mass is 408 g/mol. The maximum atomic E-state index is 12.4. The number of ether oxygens (including phenoxy) is 1. The SMILES string of the molecule is COc1cncc(-c2ccc(NC(=O)Cc3ccnc(NSC4CC4)n3)cc2)n1. The first kappa shape index (κ1) is 19.1. The fourth-order valence-electron chi connectivity index (χ4n) is 2.55. The van der Waals surface area contributed by atoms with Crippen molar-refractivity contribution in [1.29, 1.82) is 0 Å². The Balaban J connectivity index is 1.35. The molecule has 1 aliphatic rings. The van der Waals surface area contributed by atoms with Crippen molar-refractivity contribution in [3.8, 4) is 17.1 Å². The summed E-state index contributed by atoms with van der Waals surface area (Å²) in [4.78, 5) is 29.4. The van der Waals surface area contributed by atoms with Crippen LogP contribution < -0.4 is 14.8 Å². The molecule has 0 radical (unpaired) electrons. The number of methoxy groups -OCH3 is 1. The normalized spacial score (nSPS) is 13.0. The number of amides is 1. The van der Waals surface area contributed by atoms with E-state index in [4.69, 9.17) is 4.74 Å². The van der Waals surface area contributed by atoms with E-state index in [2.05, 4.69) is 30.0 Å². The fraction of sp³-hybridized carbons (Fsp3) is 0.250. The Hall–Kier alpha value is -3.20. The van der Waals surface area contributed by atoms with Crippen LogP contribution in [0.1, 0.15) is 18.5 Å². The molecule has 1 amide bonds. The number of benzene rings is 1. The zero-order valence-corrected chi connectivity index (χ0v) is 16.6. The summed E-state index contributed by atoms with van der Waals surface area (Å²) in [7, 11) is 1.55. The van der Waals surface area contributed by atoms with Crippen LogP contribution in [0.15, 0.2) is 48.9 Å². The summed E-state index contributed by atoms with van der Waals surface area (Å²) in [6.45, 7) is 0. The largest absolute Gasteiger partial charge is 0.480 e. The molecule has 0 aliphatic heterocycles. The molecule has 3 aromatic rings. The summed E-state index contributed by atoms with van der Waals surface area (Å²) < 4.78 is 8.24. The molecule has 0 saturated heterocycles. The second-order valence-corrected chi connectivity index (χ2v) is 7.65. The Bertz CT molecular complexity index is 994. The Kier molecular flexibility index (Phi) is 5.85. The van der Waals surface area contributed by atoms with Crippen molar-refractivity contribution < 1.29 is 9.53 Å². The minimum absolute atomic E-state index is 0.140. The van der Waals surface area contributed by atoms with Crippen molar-refractivity contribution in [2.24, 2.45) is 0 Å². The predicted molar refractivity (Wildman–Crippen MR) is 113 cm³/mol. The van der Waals surface area contributed by atoms with Gasteiger partial charge in [0.25, 0.3) is 0 Å². The number of nitrogens with one attached hydrogen (secondary N) is 2. The van der Waals surface area contributed by atoms with Gasteiger partial charge in [0.15, 0.2) is 0 Å². The van der Waals surface area contributed by atoms with Crippen LogP contribution >= 0.6 is 11.9 Å². The number of hydrogen-bond donors (Lipinski definition) is 2. The molecule has 2 N–H and O–H groups in total. The summed E-state index contributed by atoms with van der Waals surface area (Å²) in [5, 5.41) is 3.54. The Morgan fingerprint density at radius 3 is 2.76 bits per heavy atom. The molecule has 1 aliphatic carbocycles. The van der Waals surface area contributed by atoms with Crippen LogP contribution in [-0.2, 0) is 11.2 Å². The number of carbonyl (C=O) groups is 1. The van der Waals surface area contributed by atoms with E-state index in [1.807, 2.05) is 24.3 Å². The average molecular weight is 408 g/mol. The molecule has 29 heavy (non-hydrogen) atoms. The van der Waals surface area contributed by atoms with Gasteiger partial charge in [-0.3, -0.25) is 14.5 Å². The first-order valence-electron chi connectivity index (χ1n) is 9.19. The highest BCUT2D eigenvalue weighted by molar-refractivity contribution is 8.01. The third-order valence-electron chi connectivity index (χ3n) is 4.18. The van der Waals surface area contributed by atoms with Crippen molar-refractivity contribution >= 4 is 29.5 Å². The number of aromatic nitrogens is 4. The van der Waals surface area contributed by atoms with Gasteiger partial charge in [-0.1, -0.05) is 12.1 Å². The van der Waals surface area contributed by atoms with Gasteiger partial charge in [0.05, 0.1) is 37.3 Å². The lowest BCUT2D eigenvalue weighted by Crippen LogP contribution is -2.15. The lowest BCUT2D eigenvalue weighted by molar-refractivity contribution is -0.115. The lowest BCUT2D eigenvalue weighted by Gasteiger charge is -2.08. The topological polar surface area (TPSA) is 102 Å². The van der Waals surface area contributed by atoms with Crippen LogP contribution in [0.3, 0.4) is 0 Å². The van der Waals surface area contributed by atoms with Gasteiger partial charge in [0.1, 0.15) is 0 Å². The van der Waals surface area contributed by atoms with E-state index in [1.165, 1.54) is 12.8 Å². The quantitative estimate of drug-likeness (QED) is 0.547. The molecule has 0 bridgehead atoms. The molecule has 2 heterocycles. The average Bonchev–Trinajstić information content (AvgIpc) is 3.58. The zero-order valence-electron chi connectivity index (χ0n) is 15.8.